The van der Waals surface area contributed by atoms with Crippen LogP contribution in [0.15, 0.2) is 18.2 Å². The summed E-state index contributed by atoms with van der Waals surface area (Å²) in [5, 5.41) is 11.4. The highest BCUT2D eigenvalue weighted by atomic mass is 16.5. The summed E-state index contributed by atoms with van der Waals surface area (Å²) in [7, 11) is 1.63. The van der Waals surface area contributed by atoms with Gasteiger partial charge in [0.05, 0.1) is 7.11 Å². The summed E-state index contributed by atoms with van der Waals surface area (Å²) >= 11 is 0. The molecule has 0 saturated carbocycles. The van der Waals surface area contributed by atoms with Crippen molar-refractivity contribution in [3.63, 3.8) is 0 Å². The first-order valence-electron chi connectivity index (χ1n) is 4.62. The lowest BCUT2D eigenvalue weighted by Crippen LogP contribution is -2.02. The van der Waals surface area contributed by atoms with Crippen molar-refractivity contribution in [3.05, 3.63) is 29.6 Å². The van der Waals surface area contributed by atoms with E-state index in [9.17, 15) is 0 Å². The molecule has 2 rings (SSSR count). The van der Waals surface area contributed by atoms with Gasteiger partial charge in [0.2, 0.25) is 0 Å². The molecular formula is C10H12N4O. The predicted molar refractivity (Wildman–Crippen MR) is 55.2 cm³/mol. The van der Waals surface area contributed by atoms with Crippen LogP contribution < -0.4 is 4.74 Å². The van der Waals surface area contributed by atoms with Crippen LogP contribution in [0.5, 0.6) is 5.75 Å². The number of rotatable bonds is 2. The van der Waals surface area contributed by atoms with Crippen LogP contribution in [0.1, 0.15) is 11.4 Å². The summed E-state index contributed by atoms with van der Waals surface area (Å²) in [6.07, 6.45) is 0. The highest BCUT2D eigenvalue weighted by molar-refractivity contribution is 5.48. The zero-order valence-electron chi connectivity index (χ0n) is 8.93. The first kappa shape index (κ1) is 9.64. The van der Waals surface area contributed by atoms with Crippen LogP contribution in [-0.4, -0.2) is 27.3 Å². The van der Waals surface area contributed by atoms with Gasteiger partial charge < -0.3 is 4.74 Å². The van der Waals surface area contributed by atoms with Gasteiger partial charge in [-0.05, 0) is 42.0 Å². The second kappa shape index (κ2) is 3.68. The van der Waals surface area contributed by atoms with Gasteiger partial charge in [-0.25, -0.2) is 0 Å². The van der Waals surface area contributed by atoms with Gasteiger partial charge in [-0.1, -0.05) is 6.07 Å². The third-order valence-corrected chi connectivity index (χ3v) is 2.19. The van der Waals surface area contributed by atoms with E-state index in [1.165, 1.54) is 0 Å². The molecular weight excluding hydrogens is 192 g/mol. The maximum Gasteiger partial charge on any atom is 0.153 e. The van der Waals surface area contributed by atoms with Crippen LogP contribution in [0.2, 0.25) is 0 Å². The molecule has 0 N–H and O–H groups in total. The molecule has 5 heteroatoms. The molecule has 0 aliphatic carbocycles. The maximum atomic E-state index is 5.26. The van der Waals surface area contributed by atoms with E-state index in [4.69, 9.17) is 4.74 Å². The van der Waals surface area contributed by atoms with E-state index in [0.717, 1.165) is 22.8 Å². The minimum Gasteiger partial charge on any atom is -0.494 e. The Labute approximate surface area is 87.7 Å². The Hall–Kier alpha value is -1.91. The van der Waals surface area contributed by atoms with Gasteiger partial charge in [0.15, 0.2) is 5.82 Å². The molecule has 0 aliphatic heterocycles. The summed E-state index contributed by atoms with van der Waals surface area (Å²) < 4.78 is 6.92. The van der Waals surface area contributed by atoms with Crippen LogP contribution in [0, 0.1) is 13.8 Å². The second-order valence-corrected chi connectivity index (χ2v) is 3.31. The Bertz CT molecular complexity index is 478. The van der Waals surface area contributed by atoms with Crippen molar-refractivity contribution in [2.24, 2.45) is 0 Å². The van der Waals surface area contributed by atoms with Crippen LogP contribution in [0.4, 0.5) is 0 Å². The Balaban J connectivity index is 2.60. The number of nitrogens with zero attached hydrogens (tertiary/aromatic N) is 4. The molecule has 5 nitrogen and oxygen atoms in total. The van der Waals surface area contributed by atoms with Crippen molar-refractivity contribution < 1.29 is 4.74 Å². The van der Waals surface area contributed by atoms with Crippen molar-refractivity contribution in [2.75, 3.05) is 7.11 Å². The fourth-order valence-corrected chi connectivity index (χ4v) is 1.42. The molecule has 0 saturated heterocycles. The number of aromatic nitrogens is 4. The fourth-order valence-electron chi connectivity index (χ4n) is 1.42. The number of aryl methyl sites for hydroxylation is 2. The number of hydrogen-bond acceptors (Lipinski definition) is 4. The highest BCUT2D eigenvalue weighted by Crippen LogP contribution is 2.23. The number of methoxy groups -OCH3 is 1. The van der Waals surface area contributed by atoms with Crippen LogP contribution in [-0.2, 0) is 0 Å². The molecule has 0 fully saturated rings. The quantitative estimate of drug-likeness (QED) is 0.739. The molecule has 1 heterocycles. The van der Waals surface area contributed by atoms with Crippen molar-refractivity contribution in [1.82, 2.24) is 20.2 Å². The lowest BCUT2D eigenvalue weighted by molar-refractivity contribution is 0.411. The minimum atomic E-state index is 0.735. The smallest absolute Gasteiger partial charge is 0.153 e. The topological polar surface area (TPSA) is 52.8 Å². The first-order valence-corrected chi connectivity index (χ1v) is 4.62. The van der Waals surface area contributed by atoms with E-state index >= 15 is 0 Å². The summed E-state index contributed by atoms with van der Waals surface area (Å²) in [5.74, 6) is 1.50. The van der Waals surface area contributed by atoms with E-state index in [0.29, 0.717) is 0 Å². The van der Waals surface area contributed by atoms with Gasteiger partial charge in [-0.3, -0.25) is 0 Å². The van der Waals surface area contributed by atoms with Crippen LogP contribution in [0.25, 0.3) is 5.69 Å². The number of tetrazole rings is 1. The number of benzene rings is 1. The van der Waals surface area contributed by atoms with Gasteiger partial charge in [0.25, 0.3) is 0 Å². The van der Waals surface area contributed by atoms with Crippen molar-refractivity contribution in [1.29, 1.82) is 0 Å². The number of hydrogen-bond donors (Lipinski definition) is 0. The molecule has 2 aromatic rings. The molecule has 78 valence electrons. The average molecular weight is 204 g/mol. The van der Waals surface area contributed by atoms with Crippen molar-refractivity contribution >= 4 is 0 Å². The normalized spacial score (nSPS) is 10.3. The molecule has 0 amide bonds. The van der Waals surface area contributed by atoms with E-state index in [1.54, 1.807) is 11.8 Å². The Morgan fingerprint density at radius 2 is 2.07 bits per heavy atom. The highest BCUT2D eigenvalue weighted by Gasteiger charge is 2.09. The molecule has 0 aliphatic rings. The van der Waals surface area contributed by atoms with Gasteiger partial charge >= 0.3 is 0 Å². The van der Waals surface area contributed by atoms with Gasteiger partial charge in [-0.15, -0.1) is 5.10 Å². The third-order valence-electron chi connectivity index (χ3n) is 2.19. The van der Waals surface area contributed by atoms with E-state index in [1.807, 2.05) is 32.0 Å². The zero-order chi connectivity index (χ0) is 10.8. The van der Waals surface area contributed by atoms with Crippen LogP contribution in [0.3, 0.4) is 0 Å². The lowest BCUT2D eigenvalue weighted by Gasteiger charge is -2.08. The van der Waals surface area contributed by atoms with Gasteiger partial charge in [0.1, 0.15) is 11.4 Å². The molecule has 0 atom stereocenters. The van der Waals surface area contributed by atoms with E-state index in [2.05, 4.69) is 15.5 Å². The molecule has 15 heavy (non-hydrogen) atoms. The third kappa shape index (κ3) is 1.68. The van der Waals surface area contributed by atoms with Crippen molar-refractivity contribution in [3.8, 4) is 11.4 Å². The van der Waals surface area contributed by atoms with E-state index < -0.39 is 0 Å². The predicted octanol–water partition coefficient (Wildman–Crippen LogP) is 1.29. The van der Waals surface area contributed by atoms with Crippen molar-refractivity contribution in [2.45, 2.75) is 13.8 Å². The molecule has 0 unspecified atom stereocenters. The Morgan fingerprint density at radius 1 is 1.27 bits per heavy atom. The monoisotopic (exact) mass is 204 g/mol. The Morgan fingerprint density at radius 3 is 2.67 bits per heavy atom. The largest absolute Gasteiger partial charge is 0.494 e. The number of ether oxygens (including phenoxy) is 1. The molecule has 1 aromatic carbocycles. The van der Waals surface area contributed by atoms with Gasteiger partial charge in [-0.2, -0.15) is 4.68 Å². The Kier molecular flexibility index (Phi) is 2.37. The minimum absolute atomic E-state index is 0.735. The SMILES string of the molecule is COc1ccc(C)cc1-n1nnnc1C. The standard InChI is InChI=1S/C10H12N4O/c1-7-4-5-10(15-3)9(6-7)14-8(2)11-12-13-14/h4-6H,1-3H3. The zero-order valence-corrected chi connectivity index (χ0v) is 8.93. The molecule has 0 radical (unpaired) electrons. The summed E-state index contributed by atoms with van der Waals surface area (Å²) in [6, 6.07) is 5.88. The summed E-state index contributed by atoms with van der Waals surface area (Å²) in [6.45, 7) is 3.87. The lowest BCUT2D eigenvalue weighted by atomic mass is 10.2. The second-order valence-electron chi connectivity index (χ2n) is 3.31. The maximum absolute atomic E-state index is 5.26. The first-order chi connectivity index (χ1) is 7.22. The molecule has 0 bridgehead atoms. The molecule has 1 aromatic heterocycles. The van der Waals surface area contributed by atoms with Crippen LogP contribution >= 0.6 is 0 Å². The molecule has 0 spiro atoms. The summed E-state index contributed by atoms with van der Waals surface area (Å²) in [5.41, 5.74) is 2.00. The van der Waals surface area contributed by atoms with Gasteiger partial charge in [0, 0.05) is 0 Å². The summed E-state index contributed by atoms with van der Waals surface area (Å²) in [4.78, 5) is 0. The average Bonchev–Trinajstić information content (AvgIpc) is 2.64. The van der Waals surface area contributed by atoms with E-state index in [-0.39, 0.29) is 0 Å². The fraction of sp³-hybridized carbons (Fsp3) is 0.300.